The normalized spacial score (nSPS) is 13.1. The molecule has 0 aromatic carbocycles. The third kappa shape index (κ3) is 12.0. The molecule has 0 saturated carbocycles. The highest BCUT2D eigenvalue weighted by atomic mass is 14.1. The van der Waals surface area contributed by atoms with Gasteiger partial charge in [0.1, 0.15) is 0 Å². The van der Waals surface area contributed by atoms with Gasteiger partial charge in [0.25, 0.3) is 0 Å². The van der Waals surface area contributed by atoms with E-state index in [-0.39, 0.29) is 0 Å². The predicted octanol–water partition coefficient (Wildman–Crippen LogP) is 7.01. The van der Waals surface area contributed by atoms with Crippen LogP contribution in [0.3, 0.4) is 0 Å². The highest BCUT2D eigenvalue weighted by Gasteiger charge is 2.02. The van der Waals surface area contributed by atoms with E-state index in [4.69, 9.17) is 0 Å². The molecule has 0 spiro atoms. The molecule has 0 heterocycles. The van der Waals surface area contributed by atoms with Gasteiger partial charge < -0.3 is 0 Å². The van der Waals surface area contributed by atoms with Crippen molar-refractivity contribution >= 4 is 0 Å². The van der Waals surface area contributed by atoms with Gasteiger partial charge in [-0.2, -0.15) is 0 Å². The molecule has 0 radical (unpaired) electrons. The maximum Gasteiger partial charge on any atom is -0.0250 e. The monoisotopic (exact) mass is 274 g/mol. The van der Waals surface area contributed by atoms with Gasteiger partial charge in [-0.05, 0) is 58.3 Å². The van der Waals surface area contributed by atoms with Crippen molar-refractivity contribution in [2.45, 2.75) is 72.1 Å². The van der Waals surface area contributed by atoms with E-state index >= 15 is 0 Å². The Morgan fingerprint density at radius 2 is 1.60 bits per heavy atom. The molecule has 1 unspecified atom stereocenters. The van der Waals surface area contributed by atoms with Crippen LogP contribution in [-0.2, 0) is 0 Å². The largest absolute Gasteiger partial charge is 0.100 e. The van der Waals surface area contributed by atoms with E-state index in [0.717, 1.165) is 24.3 Å². The van der Waals surface area contributed by atoms with Crippen LogP contribution in [0.25, 0.3) is 0 Å². The Bertz CT molecular complexity index is 330. The third-order valence-electron chi connectivity index (χ3n) is 3.82. The topological polar surface area (TPSA) is 0 Å². The number of hydrogen-bond acceptors (Lipinski definition) is 0. The Morgan fingerprint density at radius 3 is 2.15 bits per heavy atom. The molecule has 0 amide bonds. The first kappa shape index (κ1) is 19.0. The van der Waals surface area contributed by atoms with Gasteiger partial charge in [0.2, 0.25) is 0 Å². The molecule has 0 heteroatoms. The molecule has 0 fully saturated rings. The molecule has 1 atom stereocenters. The van der Waals surface area contributed by atoms with Crippen molar-refractivity contribution in [3.8, 4) is 0 Å². The lowest BCUT2D eigenvalue weighted by Gasteiger charge is -2.11. The molecule has 0 aromatic rings. The van der Waals surface area contributed by atoms with Gasteiger partial charge in [0.05, 0.1) is 0 Å². The molecular formula is C20H34. The molecule has 114 valence electrons. The average molecular weight is 274 g/mol. The van der Waals surface area contributed by atoms with Crippen LogP contribution in [0.4, 0.5) is 0 Å². The Labute approximate surface area is 127 Å². The second-order valence-electron chi connectivity index (χ2n) is 6.30. The molecule has 0 N–H and O–H groups in total. The van der Waals surface area contributed by atoms with E-state index < -0.39 is 0 Å². The van der Waals surface area contributed by atoms with Gasteiger partial charge >= 0.3 is 0 Å². The van der Waals surface area contributed by atoms with E-state index in [1.807, 2.05) is 6.08 Å². The maximum absolute atomic E-state index is 3.96. The Balaban J connectivity index is 3.66. The maximum atomic E-state index is 3.96. The van der Waals surface area contributed by atoms with Crippen molar-refractivity contribution < 1.29 is 0 Å². The third-order valence-corrected chi connectivity index (χ3v) is 3.82. The van der Waals surface area contributed by atoms with Gasteiger partial charge in [-0.3, -0.25) is 0 Å². The molecule has 0 saturated heterocycles. The Hall–Kier alpha value is -1.04. The Morgan fingerprint density at radius 1 is 1.00 bits per heavy atom. The van der Waals surface area contributed by atoms with Crippen LogP contribution in [-0.4, -0.2) is 0 Å². The summed E-state index contributed by atoms with van der Waals surface area (Å²) in [5.41, 5.74) is 3.98. The average Bonchev–Trinajstić information content (AvgIpc) is 2.38. The molecule has 0 aromatic heterocycles. The number of rotatable bonds is 12. The van der Waals surface area contributed by atoms with E-state index in [0.29, 0.717) is 0 Å². The highest BCUT2D eigenvalue weighted by Crippen LogP contribution is 2.19. The fourth-order valence-electron chi connectivity index (χ4n) is 2.33. The van der Waals surface area contributed by atoms with Gasteiger partial charge in [0.15, 0.2) is 0 Å². The van der Waals surface area contributed by atoms with Gasteiger partial charge in [-0.1, -0.05) is 61.8 Å². The molecule has 0 rings (SSSR count). The van der Waals surface area contributed by atoms with Crippen molar-refractivity contribution in [2.75, 3.05) is 0 Å². The van der Waals surface area contributed by atoms with E-state index in [9.17, 15) is 0 Å². The second-order valence-corrected chi connectivity index (χ2v) is 6.30. The zero-order chi connectivity index (χ0) is 15.4. The second kappa shape index (κ2) is 11.8. The molecule has 20 heavy (non-hydrogen) atoms. The van der Waals surface area contributed by atoms with Crippen molar-refractivity contribution in [2.24, 2.45) is 5.92 Å². The molecule has 0 nitrogen and oxygen atoms in total. The van der Waals surface area contributed by atoms with Crippen LogP contribution in [0.2, 0.25) is 0 Å². The standard InChI is InChI=1S/C20H34/c1-7-18(4)12-9-14-20(6)16-10-15-19(5)13-8-11-17(2)3/h7,14,19H,1-2,4,8-13,15-16H2,3,5-6H3/b20-14+. The molecule has 0 aliphatic rings. The fourth-order valence-corrected chi connectivity index (χ4v) is 2.33. The summed E-state index contributed by atoms with van der Waals surface area (Å²) >= 11 is 0. The van der Waals surface area contributed by atoms with Gasteiger partial charge in [0, 0.05) is 0 Å². The molecule has 0 bridgehead atoms. The van der Waals surface area contributed by atoms with Crippen LogP contribution in [0.1, 0.15) is 72.1 Å². The SMILES string of the molecule is C=CC(=C)CC/C=C(\C)CCCC(C)CCCC(=C)C. The summed E-state index contributed by atoms with van der Waals surface area (Å²) in [6, 6.07) is 0. The lowest BCUT2D eigenvalue weighted by Crippen LogP contribution is -1.95. The molecule has 0 aliphatic carbocycles. The van der Waals surface area contributed by atoms with E-state index in [2.05, 4.69) is 46.6 Å². The van der Waals surface area contributed by atoms with Crippen LogP contribution in [0, 0.1) is 5.92 Å². The number of hydrogen-bond donors (Lipinski definition) is 0. The molecule has 0 aliphatic heterocycles. The van der Waals surface area contributed by atoms with E-state index in [1.54, 1.807) is 0 Å². The van der Waals surface area contributed by atoms with Crippen LogP contribution >= 0.6 is 0 Å². The van der Waals surface area contributed by atoms with Crippen LogP contribution in [0.5, 0.6) is 0 Å². The summed E-state index contributed by atoms with van der Waals surface area (Å²) in [6.07, 6.45) is 14.1. The van der Waals surface area contributed by atoms with Crippen molar-refractivity contribution in [1.29, 1.82) is 0 Å². The molecular weight excluding hydrogens is 240 g/mol. The van der Waals surface area contributed by atoms with Crippen molar-refractivity contribution in [1.82, 2.24) is 0 Å². The summed E-state index contributed by atoms with van der Waals surface area (Å²) in [4.78, 5) is 0. The fraction of sp³-hybridized carbons (Fsp3) is 0.600. The van der Waals surface area contributed by atoms with Gasteiger partial charge in [-0.25, -0.2) is 0 Å². The number of allylic oxidation sites excluding steroid dienone is 5. The minimum atomic E-state index is 0.850. The van der Waals surface area contributed by atoms with Gasteiger partial charge in [-0.15, -0.1) is 6.58 Å². The minimum Gasteiger partial charge on any atom is -0.100 e. The van der Waals surface area contributed by atoms with Crippen molar-refractivity contribution in [3.05, 3.63) is 48.6 Å². The predicted molar refractivity (Wildman–Crippen MR) is 94.0 cm³/mol. The van der Waals surface area contributed by atoms with Crippen LogP contribution in [0.15, 0.2) is 48.6 Å². The minimum absolute atomic E-state index is 0.850. The summed E-state index contributed by atoms with van der Waals surface area (Å²) < 4.78 is 0. The Kier molecular flexibility index (Phi) is 11.1. The van der Waals surface area contributed by atoms with Crippen LogP contribution < -0.4 is 0 Å². The first-order valence-corrected chi connectivity index (χ1v) is 8.06. The zero-order valence-corrected chi connectivity index (χ0v) is 14.0. The summed E-state index contributed by atoms with van der Waals surface area (Å²) in [6.45, 7) is 18.4. The smallest absolute Gasteiger partial charge is 0.0250 e. The first-order chi connectivity index (χ1) is 9.45. The highest BCUT2D eigenvalue weighted by molar-refractivity contribution is 5.12. The zero-order valence-electron chi connectivity index (χ0n) is 14.0. The lowest BCUT2D eigenvalue weighted by molar-refractivity contribution is 0.459. The van der Waals surface area contributed by atoms with E-state index in [1.165, 1.54) is 49.7 Å². The quantitative estimate of drug-likeness (QED) is 0.265. The summed E-state index contributed by atoms with van der Waals surface area (Å²) in [5.74, 6) is 0.850. The van der Waals surface area contributed by atoms with Crippen molar-refractivity contribution in [3.63, 3.8) is 0 Å². The summed E-state index contributed by atoms with van der Waals surface area (Å²) in [5, 5.41) is 0. The first-order valence-electron chi connectivity index (χ1n) is 8.06. The summed E-state index contributed by atoms with van der Waals surface area (Å²) in [7, 11) is 0. The lowest BCUT2D eigenvalue weighted by atomic mass is 9.95.